The summed E-state index contributed by atoms with van der Waals surface area (Å²) in [6.07, 6.45) is 2.24. The molecule has 0 bridgehead atoms. The van der Waals surface area contributed by atoms with E-state index in [2.05, 4.69) is 11.9 Å². The Hall–Kier alpha value is -3.08. The molecule has 0 aliphatic heterocycles. The molecule has 2 N–H and O–H groups in total. The Kier molecular flexibility index (Phi) is 6.34. The highest BCUT2D eigenvalue weighted by Crippen LogP contribution is 2.14. The normalized spacial score (nSPS) is 10.1. The van der Waals surface area contributed by atoms with Gasteiger partial charge in [-0.15, -0.1) is 0 Å². The summed E-state index contributed by atoms with van der Waals surface area (Å²) in [5.41, 5.74) is 2.61. The Morgan fingerprint density at radius 3 is 2.52 bits per heavy atom. The van der Waals surface area contributed by atoms with Gasteiger partial charge in [0.1, 0.15) is 5.75 Å². The molecule has 0 heterocycles. The van der Waals surface area contributed by atoms with Crippen molar-refractivity contribution < 1.29 is 14.7 Å². The first-order valence-corrected chi connectivity index (χ1v) is 8.02. The summed E-state index contributed by atoms with van der Waals surface area (Å²) in [4.78, 5) is 25.1. The second-order valence-corrected chi connectivity index (χ2v) is 5.81. The van der Waals surface area contributed by atoms with Gasteiger partial charge in [0.25, 0.3) is 0 Å². The van der Waals surface area contributed by atoms with Crippen LogP contribution in [0.4, 0.5) is 5.69 Å². The van der Waals surface area contributed by atoms with Crippen LogP contribution < -0.4 is 5.32 Å². The third-order valence-corrected chi connectivity index (χ3v) is 3.79. The Morgan fingerprint density at radius 2 is 1.88 bits per heavy atom. The van der Waals surface area contributed by atoms with Crippen LogP contribution in [-0.4, -0.2) is 28.9 Å². The van der Waals surface area contributed by atoms with Gasteiger partial charge in [0.05, 0.1) is 0 Å². The van der Waals surface area contributed by atoms with E-state index >= 15 is 0 Å². The molecule has 0 aliphatic rings. The lowest BCUT2D eigenvalue weighted by Gasteiger charge is -2.17. The number of hydrogen-bond acceptors (Lipinski definition) is 3. The van der Waals surface area contributed by atoms with E-state index in [0.717, 1.165) is 11.1 Å². The van der Waals surface area contributed by atoms with Gasteiger partial charge in [0.2, 0.25) is 11.8 Å². The maximum absolute atomic E-state index is 12.3. The van der Waals surface area contributed by atoms with Crippen LogP contribution in [0.5, 0.6) is 5.75 Å². The number of carbonyl (C=O) groups excluding carboxylic acids is 2. The molecule has 5 heteroatoms. The van der Waals surface area contributed by atoms with E-state index < -0.39 is 0 Å². The molecule has 0 unspecified atom stereocenters. The zero-order valence-electron chi connectivity index (χ0n) is 14.2. The van der Waals surface area contributed by atoms with E-state index in [4.69, 9.17) is 0 Å². The fourth-order valence-corrected chi connectivity index (χ4v) is 2.41. The molecule has 0 spiro atoms. The number of rotatable bonds is 7. The molecule has 0 fully saturated rings. The fraction of sp³-hybridized carbons (Fsp3) is 0.200. The minimum atomic E-state index is -0.253. The summed E-state index contributed by atoms with van der Waals surface area (Å²) < 4.78 is 0. The lowest BCUT2D eigenvalue weighted by molar-refractivity contribution is -0.130. The van der Waals surface area contributed by atoms with E-state index in [0.29, 0.717) is 25.1 Å². The summed E-state index contributed by atoms with van der Waals surface area (Å²) in [7, 11) is 1.75. The van der Waals surface area contributed by atoms with Crippen molar-refractivity contribution in [1.29, 1.82) is 0 Å². The van der Waals surface area contributed by atoms with Crippen molar-refractivity contribution >= 4 is 17.5 Å². The SMILES string of the molecule is C=CC(=O)Nc1ccc(CCC(=O)N(C)Cc2cccc(O)c2)cc1. The number of benzene rings is 2. The number of nitrogens with zero attached hydrogens (tertiary/aromatic N) is 1. The second-order valence-electron chi connectivity index (χ2n) is 5.81. The van der Waals surface area contributed by atoms with Crippen molar-refractivity contribution in [3.8, 4) is 5.75 Å². The lowest BCUT2D eigenvalue weighted by Crippen LogP contribution is -2.26. The number of phenols is 1. The minimum Gasteiger partial charge on any atom is -0.508 e. The topological polar surface area (TPSA) is 69.6 Å². The van der Waals surface area contributed by atoms with Crippen LogP contribution in [0.1, 0.15) is 17.5 Å². The van der Waals surface area contributed by atoms with E-state index in [-0.39, 0.29) is 17.6 Å². The third-order valence-electron chi connectivity index (χ3n) is 3.79. The first kappa shape index (κ1) is 18.3. The molecular weight excluding hydrogens is 316 g/mol. The maximum atomic E-state index is 12.3. The summed E-state index contributed by atoms with van der Waals surface area (Å²) in [5, 5.41) is 12.2. The number of anilines is 1. The molecule has 25 heavy (non-hydrogen) atoms. The minimum absolute atomic E-state index is 0.0346. The average molecular weight is 338 g/mol. The monoisotopic (exact) mass is 338 g/mol. The van der Waals surface area contributed by atoms with Gasteiger partial charge in [-0.1, -0.05) is 30.8 Å². The second kappa shape index (κ2) is 8.68. The van der Waals surface area contributed by atoms with Crippen molar-refractivity contribution in [2.24, 2.45) is 0 Å². The van der Waals surface area contributed by atoms with Crippen LogP contribution in [0.25, 0.3) is 0 Å². The molecule has 0 aromatic heterocycles. The third kappa shape index (κ3) is 5.80. The van der Waals surface area contributed by atoms with Gasteiger partial charge >= 0.3 is 0 Å². The number of aromatic hydroxyl groups is 1. The molecule has 2 aromatic carbocycles. The molecule has 5 nitrogen and oxygen atoms in total. The largest absolute Gasteiger partial charge is 0.508 e. The van der Waals surface area contributed by atoms with Gasteiger partial charge in [0.15, 0.2) is 0 Å². The average Bonchev–Trinajstić information content (AvgIpc) is 2.60. The highest BCUT2D eigenvalue weighted by atomic mass is 16.3. The Balaban J connectivity index is 1.84. The van der Waals surface area contributed by atoms with Crippen LogP contribution in [0.2, 0.25) is 0 Å². The first-order valence-electron chi connectivity index (χ1n) is 8.02. The molecule has 2 aromatic rings. The van der Waals surface area contributed by atoms with Crippen molar-refractivity contribution in [3.05, 3.63) is 72.3 Å². The van der Waals surface area contributed by atoms with E-state index in [9.17, 15) is 14.7 Å². The zero-order chi connectivity index (χ0) is 18.2. The number of carbonyl (C=O) groups is 2. The molecule has 0 atom stereocenters. The molecule has 0 radical (unpaired) electrons. The quantitative estimate of drug-likeness (QED) is 0.762. The van der Waals surface area contributed by atoms with Gasteiger partial charge in [0, 0.05) is 25.7 Å². The van der Waals surface area contributed by atoms with Gasteiger partial charge in [-0.2, -0.15) is 0 Å². The van der Waals surface area contributed by atoms with Crippen LogP contribution in [-0.2, 0) is 22.6 Å². The van der Waals surface area contributed by atoms with Gasteiger partial charge in [-0.3, -0.25) is 9.59 Å². The summed E-state index contributed by atoms with van der Waals surface area (Å²) >= 11 is 0. The van der Waals surface area contributed by atoms with E-state index in [1.165, 1.54) is 6.08 Å². The number of amides is 2. The Bertz CT molecular complexity index is 754. The Morgan fingerprint density at radius 1 is 1.16 bits per heavy atom. The fourth-order valence-electron chi connectivity index (χ4n) is 2.41. The smallest absolute Gasteiger partial charge is 0.247 e. The highest BCUT2D eigenvalue weighted by molar-refractivity contribution is 5.98. The van der Waals surface area contributed by atoms with Gasteiger partial charge in [-0.25, -0.2) is 0 Å². The predicted molar refractivity (Wildman–Crippen MR) is 98.2 cm³/mol. The molecule has 0 saturated heterocycles. The van der Waals surface area contributed by atoms with Crippen LogP contribution in [0.3, 0.4) is 0 Å². The van der Waals surface area contributed by atoms with E-state index in [1.54, 1.807) is 42.3 Å². The molecule has 2 rings (SSSR count). The molecule has 0 aliphatic carbocycles. The summed E-state index contributed by atoms with van der Waals surface area (Å²) in [6.45, 7) is 3.86. The van der Waals surface area contributed by atoms with Crippen LogP contribution in [0.15, 0.2) is 61.2 Å². The number of nitrogens with one attached hydrogen (secondary N) is 1. The Labute approximate surface area is 147 Å². The number of hydrogen-bond donors (Lipinski definition) is 2. The molecule has 2 amide bonds. The standard InChI is InChI=1S/C20H22N2O3/c1-3-19(24)21-17-10-7-15(8-11-17)9-12-20(25)22(2)14-16-5-4-6-18(23)13-16/h3-8,10-11,13,23H,1,9,12,14H2,2H3,(H,21,24). The predicted octanol–water partition coefficient (Wildman–Crippen LogP) is 3.11. The summed E-state index contributed by atoms with van der Waals surface area (Å²) in [5.74, 6) is -0.0223. The van der Waals surface area contributed by atoms with Crippen molar-refractivity contribution in [3.63, 3.8) is 0 Å². The maximum Gasteiger partial charge on any atom is 0.247 e. The van der Waals surface area contributed by atoms with Crippen molar-refractivity contribution in [2.45, 2.75) is 19.4 Å². The highest BCUT2D eigenvalue weighted by Gasteiger charge is 2.10. The first-order chi connectivity index (χ1) is 12.0. The molecule has 0 saturated carbocycles. The number of phenolic OH excluding ortho intramolecular Hbond substituents is 1. The van der Waals surface area contributed by atoms with E-state index in [1.807, 2.05) is 18.2 Å². The number of aryl methyl sites for hydroxylation is 1. The molecule has 130 valence electrons. The van der Waals surface area contributed by atoms with Gasteiger partial charge < -0.3 is 15.3 Å². The zero-order valence-corrected chi connectivity index (χ0v) is 14.2. The lowest BCUT2D eigenvalue weighted by atomic mass is 10.1. The molecular formula is C20H22N2O3. The van der Waals surface area contributed by atoms with Crippen molar-refractivity contribution in [1.82, 2.24) is 4.90 Å². The van der Waals surface area contributed by atoms with Gasteiger partial charge in [-0.05, 0) is 47.9 Å². The van der Waals surface area contributed by atoms with Crippen LogP contribution in [0, 0.1) is 0 Å². The van der Waals surface area contributed by atoms with Crippen molar-refractivity contribution in [2.75, 3.05) is 12.4 Å². The van der Waals surface area contributed by atoms with Crippen LogP contribution >= 0.6 is 0 Å². The summed E-state index contributed by atoms with van der Waals surface area (Å²) in [6, 6.07) is 14.3.